The number of ether oxygens (including phenoxy) is 1. The van der Waals surface area contributed by atoms with Crippen molar-refractivity contribution in [3.63, 3.8) is 0 Å². The van der Waals surface area contributed by atoms with E-state index >= 15 is 0 Å². The van der Waals surface area contributed by atoms with E-state index in [1.807, 2.05) is 0 Å². The van der Waals surface area contributed by atoms with Crippen LogP contribution in [0.1, 0.15) is 31.2 Å². The van der Waals surface area contributed by atoms with E-state index in [1.165, 1.54) is 23.1 Å². The molecule has 1 amide bonds. The molecule has 0 aromatic heterocycles. The van der Waals surface area contributed by atoms with Crippen LogP contribution in [0, 0.1) is 11.3 Å². The van der Waals surface area contributed by atoms with E-state index in [1.54, 1.807) is 13.0 Å². The molecule has 1 saturated carbocycles. The van der Waals surface area contributed by atoms with E-state index in [0.717, 1.165) is 0 Å². The fourth-order valence-electron chi connectivity index (χ4n) is 3.37. The number of alkyl halides is 3. The molecule has 1 aliphatic heterocycles. The van der Waals surface area contributed by atoms with E-state index in [-0.39, 0.29) is 24.1 Å². The predicted octanol–water partition coefficient (Wildman–Crippen LogP) is 3.01. The van der Waals surface area contributed by atoms with Crippen LogP contribution in [0.5, 0.6) is 5.75 Å². The molecule has 1 aromatic carbocycles. The van der Waals surface area contributed by atoms with Crippen LogP contribution in [0.2, 0.25) is 0 Å². The Morgan fingerprint density at radius 3 is 2.60 bits per heavy atom. The van der Waals surface area contributed by atoms with Crippen molar-refractivity contribution in [3.8, 4) is 5.75 Å². The van der Waals surface area contributed by atoms with Gasteiger partial charge in [0.1, 0.15) is 5.75 Å². The molecule has 1 aliphatic carbocycles. The quantitative estimate of drug-likeness (QED) is 0.900. The van der Waals surface area contributed by atoms with Crippen molar-refractivity contribution in [1.82, 2.24) is 4.90 Å². The van der Waals surface area contributed by atoms with Crippen molar-refractivity contribution in [1.29, 1.82) is 0 Å². The number of carboxylic acids is 1. The molecule has 1 heterocycles. The van der Waals surface area contributed by atoms with Gasteiger partial charge in [-0.05, 0) is 37.3 Å². The molecule has 1 N–H and O–H groups in total. The number of nitrogens with zero attached hydrogens (tertiary/aromatic N) is 1. The van der Waals surface area contributed by atoms with Gasteiger partial charge in [-0.25, -0.2) is 0 Å². The van der Waals surface area contributed by atoms with Crippen LogP contribution >= 0.6 is 0 Å². The van der Waals surface area contributed by atoms with E-state index in [0.29, 0.717) is 24.9 Å². The molecule has 3 rings (SSSR count). The fourth-order valence-corrected chi connectivity index (χ4v) is 3.37. The van der Waals surface area contributed by atoms with Gasteiger partial charge in [-0.2, -0.15) is 0 Å². The van der Waals surface area contributed by atoms with Gasteiger partial charge < -0.3 is 14.7 Å². The lowest BCUT2D eigenvalue weighted by Gasteiger charge is -2.20. The van der Waals surface area contributed by atoms with Crippen molar-refractivity contribution in [3.05, 3.63) is 29.8 Å². The number of hydrogen-bond donors (Lipinski definition) is 1. The van der Waals surface area contributed by atoms with E-state index in [9.17, 15) is 27.9 Å². The maximum Gasteiger partial charge on any atom is 0.573 e. The standard InChI is InChI=1S/C17H18F3NO4/c1-16(15(23)24)6-7-21(9-16)14(22)12-8-11(12)10-4-2-3-5-13(10)25-17(18,19)20/h2-5,11-12H,6-9H2,1H3,(H,23,24). The SMILES string of the molecule is CC1(C(=O)O)CCN(C(=O)C2CC2c2ccccc2OC(F)(F)F)C1. The smallest absolute Gasteiger partial charge is 0.481 e. The molecule has 2 fully saturated rings. The minimum Gasteiger partial charge on any atom is -0.481 e. The van der Waals surface area contributed by atoms with Crippen LogP contribution in [-0.2, 0) is 9.59 Å². The van der Waals surface area contributed by atoms with Crippen LogP contribution in [0.3, 0.4) is 0 Å². The maximum atomic E-state index is 12.6. The number of aliphatic carboxylic acids is 1. The van der Waals surface area contributed by atoms with Gasteiger partial charge in [0.15, 0.2) is 0 Å². The van der Waals surface area contributed by atoms with E-state index < -0.39 is 23.7 Å². The van der Waals surface area contributed by atoms with Crippen molar-refractivity contribution in [2.45, 2.75) is 32.0 Å². The number of carboxylic acid groups (broad SMARTS) is 1. The average Bonchev–Trinajstić information content (AvgIpc) is 3.20. The first-order valence-corrected chi connectivity index (χ1v) is 7.97. The number of hydrogen-bond acceptors (Lipinski definition) is 3. The van der Waals surface area contributed by atoms with Gasteiger partial charge in [0.25, 0.3) is 0 Å². The number of amides is 1. The van der Waals surface area contributed by atoms with Crippen LogP contribution in [-0.4, -0.2) is 41.3 Å². The summed E-state index contributed by atoms with van der Waals surface area (Å²) in [5.41, 5.74) is -0.601. The van der Waals surface area contributed by atoms with Crippen molar-refractivity contribution < 1.29 is 32.6 Å². The second kappa shape index (κ2) is 5.93. The zero-order valence-corrected chi connectivity index (χ0v) is 13.5. The zero-order valence-electron chi connectivity index (χ0n) is 13.5. The van der Waals surface area contributed by atoms with Crippen molar-refractivity contribution in [2.75, 3.05) is 13.1 Å². The molecule has 1 saturated heterocycles. The average molecular weight is 357 g/mol. The molecule has 0 spiro atoms. The first-order valence-electron chi connectivity index (χ1n) is 7.97. The molecule has 2 aliphatic rings. The first kappa shape index (κ1) is 17.6. The lowest BCUT2D eigenvalue weighted by atomic mass is 9.90. The Balaban J connectivity index is 1.69. The van der Waals surface area contributed by atoms with Gasteiger partial charge >= 0.3 is 12.3 Å². The molecule has 0 bridgehead atoms. The van der Waals surface area contributed by atoms with E-state index in [2.05, 4.69) is 4.74 Å². The molecule has 5 nitrogen and oxygen atoms in total. The topological polar surface area (TPSA) is 66.8 Å². The lowest BCUT2D eigenvalue weighted by molar-refractivity contribution is -0.274. The highest BCUT2D eigenvalue weighted by Gasteiger charge is 2.51. The van der Waals surface area contributed by atoms with Gasteiger partial charge in [0.05, 0.1) is 5.41 Å². The van der Waals surface area contributed by atoms with E-state index in [4.69, 9.17) is 0 Å². The van der Waals surface area contributed by atoms with Gasteiger partial charge in [-0.1, -0.05) is 18.2 Å². The normalized spacial score (nSPS) is 28.7. The van der Waals surface area contributed by atoms with Crippen LogP contribution in [0.25, 0.3) is 0 Å². The summed E-state index contributed by atoms with van der Waals surface area (Å²) in [5.74, 6) is -2.18. The monoisotopic (exact) mass is 357 g/mol. The molecule has 1 aromatic rings. The Kier molecular flexibility index (Phi) is 4.17. The summed E-state index contributed by atoms with van der Waals surface area (Å²) in [6.07, 6.45) is -3.97. The van der Waals surface area contributed by atoms with Gasteiger partial charge in [0, 0.05) is 19.0 Å². The van der Waals surface area contributed by atoms with Crippen LogP contribution in [0.4, 0.5) is 13.2 Å². The number of carbonyl (C=O) groups excluding carboxylic acids is 1. The summed E-state index contributed by atoms with van der Waals surface area (Å²) in [4.78, 5) is 25.4. The molecule has 3 atom stereocenters. The molecule has 136 valence electrons. The van der Waals surface area contributed by atoms with Gasteiger partial charge in [0.2, 0.25) is 5.91 Å². The summed E-state index contributed by atoms with van der Waals surface area (Å²) in [5, 5.41) is 9.24. The molecule has 25 heavy (non-hydrogen) atoms. The minimum absolute atomic E-state index is 0.130. The summed E-state index contributed by atoms with van der Waals surface area (Å²) in [6, 6.07) is 5.82. The number of carbonyl (C=O) groups is 2. The highest BCUT2D eigenvalue weighted by Crippen LogP contribution is 2.52. The Morgan fingerprint density at radius 2 is 2.00 bits per heavy atom. The maximum absolute atomic E-state index is 12.6. The largest absolute Gasteiger partial charge is 0.573 e. The number of para-hydroxylation sites is 1. The molecule has 3 unspecified atom stereocenters. The third-order valence-corrected chi connectivity index (χ3v) is 4.95. The predicted molar refractivity (Wildman–Crippen MR) is 80.9 cm³/mol. The number of benzene rings is 1. The Morgan fingerprint density at radius 1 is 1.32 bits per heavy atom. The van der Waals surface area contributed by atoms with Crippen molar-refractivity contribution in [2.24, 2.45) is 11.3 Å². The second-order valence-electron chi connectivity index (χ2n) is 6.91. The number of halogens is 3. The Hall–Kier alpha value is -2.25. The van der Waals surface area contributed by atoms with Gasteiger partial charge in [-0.15, -0.1) is 13.2 Å². The van der Waals surface area contributed by atoms with Gasteiger partial charge in [-0.3, -0.25) is 9.59 Å². The highest BCUT2D eigenvalue weighted by atomic mass is 19.4. The fraction of sp³-hybridized carbons (Fsp3) is 0.529. The molecular formula is C17H18F3NO4. The van der Waals surface area contributed by atoms with Crippen molar-refractivity contribution >= 4 is 11.9 Å². The second-order valence-corrected chi connectivity index (χ2v) is 6.91. The zero-order chi connectivity index (χ0) is 18.4. The first-order chi connectivity index (χ1) is 11.6. The third kappa shape index (κ3) is 3.57. The minimum atomic E-state index is -4.79. The summed E-state index contributed by atoms with van der Waals surface area (Å²) >= 11 is 0. The molecular weight excluding hydrogens is 339 g/mol. The lowest BCUT2D eigenvalue weighted by Crippen LogP contribution is -2.35. The number of likely N-dealkylation sites (tertiary alicyclic amines) is 1. The third-order valence-electron chi connectivity index (χ3n) is 4.95. The summed E-state index contributed by atoms with van der Waals surface area (Å²) in [6.45, 7) is 2.08. The Bertz CT molecular complexity index is 705. The molecule has 0 radical (unpaired) electrons. The molecule has 8 heteroatoms. The summed E-state index contributed by atoms with van der Waals surface area (Å²) < 4.78 is 41.6. The van der Waals surface area contributed by atoms with Crippen LogP contribution in [0.15, 0.2) is 24.3 Å². The summed E-state index contributed by atoms with van der Waals surface area (Å²) in [7, 11) is 0. The highest BCUT2D eigenvalue weighted by molar-refractivity contribution is 5.85. The van der Waals surface area contributed by atoms with Crippen LogP contribution < -0.4 is 4.74 Å². The number of rotatable bonds is 4. The Labute approximate surface area is 142 Å².